The van der Waals surface area contributed by atoms with Crippen molar-refractivity contribution < 1.29 is 19.7 Å². The van der Waals surface area contributed by atoms with Crippen molar-refractivity contribution in [2.45, 2.75) is 38.3 Å². The molecular weight excluding hydrogens is 160 g/mol. The van der Waals surface area contributed by atoms with E-state index in [9.17, 15) is 5.11 Å². The fourth-order valence-electron chi connectivity index (χ4n) is 1.10. The Hall–Kier alpha value is -0.160. The minimum atomic E-state index is -1.21. The quantitative estimate of drug-likeness (QED) is 0.616. The van der Waals surface area contributed by atoms with Gasteiger partial charge in [0.1, 0.15) is 11.7 Å². The first-order chi connectivity index (χ1) is 5.37. The van der Waals surface area contributed by atoms with Crippen LogP contribution in [0.4, 0.5) is 0 Å². The second-order valence-corrected chi connectivity index (χ2v) is 3.83. The molecule has 0 spiro atoms. The van der Waals surface area contributed by atoms with Gasteiger partial charge in [-0.05, 0) is 20.8 Å². The molecule has 1 aliphatic rings. The molecule has 4 nitrogen and oxygen atoms in total. The van der Waals surface area contributed by atoms with Gasteiger partial charge in [0.25, 0.3) is 0 Å². The summed E-state index contributed by atoms with van der Waals surface area (Å²) in [5, 5.41) is 18.4. The molecule has 0 aromatic rings. The topological polar surface area (TPSA) is 58.9 Å². The monoisotopic (exact) mass is 176 g/mol. The molecule has 0 aromatic carbocycles. The Balaban J connectivity index is 2.58. The van der Waals surface area contributed by atoms with Gasteiger partial charge >= 0.3 is 0 Å². The van der Waals surface area contributed by atoms with Gasteiger partial charge in [0.15, 0.2) is 5.79 Å². The standard InChI is InChI=1S/C8H16O4/c1-7(2)11-4-6(12-7)8(3,10)5-9/h6,9-10H,4-5H2,1-3H3. The van der Waals surface area contributed by atoms with Gasteiger partial charge in [-0.2, -0.15) is 0 Å². The van der Waals surface area contributed by atoms with E-state index < -0.39 is 17.5 Å². The van der Waals surface area contributed by atoms with E-state index in [2.05, 4.69) is 0 Å². The van der Waals surface area contributed by atoms with E-state index in [1.807, 2.05) is 0 Å². The van der Waals surface area contributed by atoms with E-state index in [4.69, 9.17) is 14.6 Å². The molecular formula is C8H16O4. The fourth-order valence-corrected chi connectivity index (χ4v) is 1.10. The summed E-state index contributed by atoms with van der Waals surface area (Å²) in [7, 11) is 0. The predicted octanol–water partition coefficient (Wildman–Crippen LogP) is -0.119. The Labute approximate surface area is 72.1 Å². The number of hydrogen-bond acceptors (Lipinski definition) is 4. The van der Waals surface area contributed by atoms with Gasteiger partial charge in [-0.3, -0.25) is 0 Å². The zero-order valence-corrected chi connectivity index (χ0v) is 7.70. The molecule has 72 valence electrons. The molecule has 1 saturated heterocycles. The summed E-state index contributed by atoms with van der Waals surface area (Å²) >= 11 is 0. The Morgan fingerprint density at radius 3 is 2.50 bits per heavy atom. The molecule has 0 bridgehead atoms. The van der Waals surface area contributed by atoms with Crippen molar-refractivity contribution in [3.63, 3.8) is 0 Å². The first kappa shape index (κ1) is 9.92. The van der Waals surface area contributed by atoms with Crippen LogP contribution in [0.2, 0.25) is 0 Å². The van der Waals surface area contributed by atoms with E-state index in [0.29, 0.717) is 6.61 Å². The molecule has 1 rings (SSSR count). The molecule has 1 fully saturated rings. The van der Waals surface area contributed by atoms with Crippen LogP contribution in [0.15, 0.2) is 0 Å². The van der Waals surface area contributed by atoms with Crippen LogP contribution in [0.1, 0.15) is 20.8 Å². The van der Waals surface area contributed by atoms with E-state index in [1.54, 1.807) is 13.8 Å². The molecule has 1 heterocycles. The van der Waals surface area contributed by atoms with Crippen molar-refractivity contribution >= 4 is 0 Å². The van der Waals surface area contributed by atoms with Gasteiger partial charge in [0, 0.05) is 0 Å². The van der Waals surface area contributed by atoms with Crippen molar-refractivity contribution in [3.05, 3.63) is 0 Å². The smallest absolute Gasteiger partial charge is 0.163 e. The van der Waals surface area contributed by atoms with Crippen molar-refractivity contribution in [3.8, 4) is 0 Å². The molecule has 0 radical (unpaired) electrons. The largest absolute Gasteiger partial charge is 0.393 e. The normalized spacial score (nSPS) is 33.2. The third-order valence-corrected chi connectivity index (χ3v) is 2.02. The highest BCUT2D eigenvalue weighted by Gasteiger charge is 2.42. The maximum atomic E-state index is 9.60. The number of ether oxygens (including phenoxy) is 2. The number of aliphatic hydroxyl groups excluding tert-OH is 1. The van der Waals surface area contributed by atoms with E-state index in [0.717, 1.165) is 0 Å². The highest BCUT2D eigenvalue weighted by atomic mass is 16.7. The van der Waals surface area contributed by atoms with Crippen LogP contribution in [0.5, 0.6) is 0 Å². The van der Waals surface area contributed by atoms with Crippen molar-refractivity contribution in [1.29, 1.82) is 0 Å². The minimum Gasteiger partial charge on any atom is -0.393 e. The summed E-state index contributed by atoms with van der Waals surface area (Å²) in [4.78, 5) is 0. The molecule has 2 atom stereocenters. The molecule has 4 heteroatoms. The van der Waals surface area contributed by atoms with E-state index >= 15 is 0 Å². The maximum absolute atomic E-state index is 9.60. The summed E-state index contributed by atoms with van der Waals surface area (Å²) in [6.45, 7) is 5.08. The minimum absolute atomic E-state index is 0.320. The van der Waals surface area contributed by atoms with Crippen LogP contribution < -0.4 is 0 Å². The van der Waals surface area contributed by atoms with E-state index in [1.165, 1.54) is 6.92 Å². The second kappa shape index (κ2) is 2.96. The highest BCUT2D eigenvalue weighted by Crippen LogP contribution is 2.28. The van der Waals surface area contributed by atoms with Crippen molar-refractivity contribution in [2.75, 3.05) is 13.2 Å². The predicted molar refractivity (Wildman–Crippen MR) is 42.6 cm³/mol. The molecule has 12 heavy (non-hydrogen) atoms. The molecule has 2 N–H and O–H groups in total. The van der Waals surface area contributed by atoms with Crippen molar-refractivity contribution in [2.24, 2.45) is 0 Å². The lowest BCUT2D eigenvalue weighted by Crippen LogP contribution is -2.45. The van der Waals surface area contributed by atoms with Gasteiger partial charge in [-0.25, -0.2) is 0 Å². The van der Waals surface area contributed by atoms with Crippen LogP contribution in [-0.4, -0.2) is 40.9 Å². The molecule has 1 aliphatic heterocycles. The van der Waals surface area contributed by atoms with Gasteiger partial charge in [-0.1, -0.05) is 0 Å². The zero-order chi connectivity index (χ0) is 9.41. The first-order valence-electron chi connectivity index (χ1n) is 4.02. The van der Waals surface area contributed by atoms with Crippen LogP contribution in [0.25, 0.3) is 0 Å². The number of hydrogen-bond donors (Lipinski definition) is 2. The van der Waals surface area contributed by atoms with E-state index in [-0.39, 0.29) is 6.61 Å². The Bertz CT molecular complexity index is 164. The van der Waals surface area contributed by atoms with Gasteiger partial charge < -0.3 is 19.7 Å². The van der Waals surface area contributed by atoms with Crippen LogP contribution in [0.3, 0.4) is 0 Å². The Kier molecular flexibility index (Phi) is 2.45. The Morgan fingerprint density at radius 2 is 2.17 bits per heavy atom. The first-order valence-corrected chi connectivity index (χ1v) is 4.02. The Morgan fingerprint density at radius 1 is 1.58 bits per heavy atom. The van der Waals surface area contributed by atoms with Crippen LogP contribution in [-0.2, 0) is 9.47 Å². The zero-order valence-electron chi connectivity index (χ0n) is 7.70. The van der Waals surface area contributed by atoms with Gasteiger partial charge in [0.2, 0.25) is 0 Å². The second-order valence-electron chi connectivity index (χ2n) is 3.83. The summed E-state index contributed by atoms with van der Waals surface area (Å²) in [5.74, 6) is -0.649. The van der Waals surface area contributed by atoms with Gasteiger partial charge in [-0.15, -0.1) is 0 Å². The summed E-state index contributed by atoms with van der Waals surface area (Å²) in [6.07, 6.45) is -0.447. The summed E-state index contributed by atoms with van der Waals surface area (Å²) in [5.41, 5.74) is -1.21. The third-order valence-electron chi connectivity index (χ3n) is 2.02. The van der Waals surface area contributed by atoms with Crippen molar-refractivity contribution in [1.82, 2.24) is 0 Å². The molecule has 2 unspecified atom stereocenters. The maximum Gasteiger partial charge on any atom is 0.163 e. The van der Waals surface area contributed by atoms with Crippen LogP contribution >= 0.6 is 0 Å². The average molecular weight is 176 g/mol. The summed E-state index contributed by atoms with van der Waals surface area (Å²) < 4.78 is 10.6. The highest BCUT2D eigenvalue weighted by molar-refractivity contribution is 4.87. The lowest BCUT2D eigenvalue weighted by molar-refractivity contribution is -0.173. The fraction of sp³-hybridized carbons (Fsp3) is 1.00. The number of aliphatic hydroxyl groups is 2. The lowest BCUT2D eigenvalue weighted by atomic mass is 10.0. The molecule has 0 saturated carbocycles. The average Bonchev–Trinajstić information content (AvgIpc) is 2.31. The summed E-state index contributed by atoms with van der Waals surface area (Å²) in [6, 6.07) is 0. The lowest BCUT2D eigenvalue weighted by Gasteiger charge is -2.27. The molecule has 0 aliphatic carbocycles. The SMILES string of the molecule is CC1(C)OCC(C(C)(O)CO)O1. The molecule has 0 amide bonds. The third kappa shape index (κ3) is 1.95. The number of rotatable bonds is 2. The van der Waals surface area contributed by atoms with Crippen LogP contribution in [0, 0.1) is 0 Å². The molecule has 0 aromatic heterocycles. The van der Waals surface area contributed by atoms with Gasteiger partial charge in [0.05, 0.1) is 13.2 Å².